The Morgan fingerprint density at radius 1 is 0.833 bits per heavy atom. The fourth-order valence-corrected chi connectivity index (χ4v) is 11.1. The Morgan fingerprint density at radius 3 is 2.17 bits per heavy atom. The van der Waals surface area contributed by atoms with Crippen LogP contribution in [0.15, 0.2) is 76.9 Å². The number of carbonyl (C=O) groups is 3. The number of amides is 3. The van der Waals surface area contributed by atoms with Gasteiger partial charge in [0.15, 0.2) is 0 Å². The van der Waals surface area contributed by atoms with Crippen LogP contribution in [-0.4, -0.2) is 116 Å². The molecule has 4 saturated heterocycles. The lowest BCUT2D eigenvalue weighted by molar-refractivity contribution is -0.204. The number of ether oxygens (including phenoxy) is 1. The first kappa shape index (κ1) is 44.2. The SMILES string of the molecule is O=C(c1cnn(Cc2ccc(C(F)(F)F)cc2)c1)N1CC(c2nnc(C(C(=O)N3CCC(c4nccs4)CC3)c3ccc(C4CCOCC4)cc3)o2)C2(C1)CN(C(=O)C1(C(F)(F)F)CC1)C2. The number of rotatable bonds is 10. The molecular formula is C46H46F6N8O5S. The third kappa shape index (κ3) is 8.27. The zero-order valence-corrected chi connectivity index (χ0v) is 36.5. The van der Waals surface area contributed by atoms with Crippen LogP contribution in [0.5, 0.6) is 0 Å². The van der Waals surface area contributed by atoms with Crippen molar-refractivity contribution in [3.05, 3.63) is 117 Å². The number of alkyl halides is 6. The number of hydrogen-bond acceptors (Lipinski definition) is 10. The molecule has 3 aromatic heterocycles. The number of carbonyl (C=O) groups excluding carboxylic acids is 3. The van der Waals surface area contributed by atoms with Gasteiger partial charge in [-0.1, -0.05) is 36.4 Å². The van der Waals surface area contributed by atoms with E-state index < -0.39 is 52.4 Å². The van der Waals surface area contributed by atoms with Crippen molar-refractivity contribution in [2.75, 3.05) is 52.5 Å². The zero-order valence-electron chi connectivity index (χ0n) is 35.6. The highest BCUT2D eigenvalue weighted by Crippen LogP contribution is 2.61. The molecule has 20 heteroatoms. The van der Waals surface area contributed by atoms with Crippen molar-refractivity contribution in [3.8, 4) is 0 Å². The van der Waals surface area contributed by atoms with Crippen LogP contribution in [-0.2, 0) is 27.0 Å². The summed E-state index contributed by atoms with van der Waals surface area (Å²) in [6.07, 6.45) is -1.93. The number of nitrogens with zero attached hydrogens (tertiary/aromatic N) is 8. The third-order valence-electron chi connectivity index (χ3n) is 14.3. The normalized spacial score (nSPS) is 21.5. The second-order valence-corrected chi connectivity index (χ2v) is 19.3. The molecule has 0 bridgehead atoms. The molecule has 13 nitrogen and oxygen atoms in total. The zero-order chi connectivity index (χ0) is 46.0. The highest BCUT2D eigenvalue weighted by atomic mass is 32.1. The number of hydrogen-bond donors (Lipinski definition) is 0. The summed E-state index contributed by atoms with van der Waals surface area (Å²) in [4.78, 5) is 51.3. The first-order valence-corrected chi connectivity index (χ1v) is 23.0. The minimum Gasteiger partial charge on any atom is -0.424 e. The quantitative estimate of drug-likeness (QED) is 0.129. The second kappa shape index (κ2) is 16.9. The Balaban J connectivity index is 0.923. The monoisotopic (exact) mass is 936 g/mol. The summed E-state index contributed by atoms with van der Waals surface area (Å²) in [5.41, 5.74) is -1.67. The van der Waals surface area contributed by atoms with Crippen LogP contribution < -0.4 is 0 Å². The highest BCUT2D eigenvalue weighted by Gasteiger charge is 2.71. The van der Waals surface area contributed by atoms with Crippen LogP contribution in [0.3, 0.4) is 0 Å². The smallest absolute Gasteiger partial charge is 0.416 e. The van der Waals surface area contributed by atoms with Gasteiger partial charge < -0.3 is 23.9 Å². The molecular weight excluding hydrogens is 891 g/mol. The van der Waals surface area contributed by atoms with Crippen molar-refractivity contribution < 1.29 is 49.9 Å². The van der Waals surface area contributed by atoms with Gasteiger partial charge in [-0.3, -0.25) is 19.1 Å². The maximum Gasteiger partial charge on any atom is 0.416 e. The Bertz CT molecular complexity index is 2560. The molecule has 10 rings (SSSR count). The molecule has 4 aliphatic heterocycles. The Kier molecular flexibility index (Phi) is 11.3. The molecule has 0 N–H and O–H groups in total. The van der Waals surface area contributed by atoms with E-state index in [-0.39, 0.29) is 74.7 Å². The first-order valence-electron chi connectivity index (χ1n) is 22.1. The van der Waals surface area contributed by atoms with Crippen molar-refractivity contribution in [2.24, 2.45) is 10.8 Å². The minimum atomic E-state index is -4.70. The van der Waals surface area contributed by atoms with Gasteiger partial charge in [0.2, 0.25) is 23.6 Å². The fraction of sp³-hybridized carbons (Fsp3) is 0.500. The van der Waals surface area contributed by atoms with E-state index in [4.69, 9.17) is 9.15 Å². The van der Waals surface area contributed by atoms with E-state index in [1.807, 2.05) is 34.5 Å². The number of aromatic nitrogens is 5. The number of thiazole rings is 1. The lowest BCUT2D eigenvalue weighted by atomic mass is 9.71. The molecule has 1 saturated carbocycles. The predicted octanol–water partition coefficient (Wildman–Crippen LogP) is 7.63. The molecule has 2 unspecified atom stereocenters. The van der Waals surface area contributed by atoms with Crippen LogP contribution in [0.1, 0.15) is 112 Å². The van der Waals surface area contributed by atoms with E-state index in [9.17, 15) is 40.7 Å². The summed E-state index contributed by atoms with van der Waals surface area (Å²) in [7, 11) is 0. The first-order chi connectivity index (χ1) is 31.6. The molecule has 2 atom stereocenters. The maximum absolute atomic E-state index is 14.7. The Morgan fingerprint density at radius 2 is 1.53 bits per heavy atom. The predicted molar refractivity (Wildman–Crippen MR) is 224 cm³/mol. The fourth-order valence-electron chi connectivity index (χ4n) is 10.3. The summed E-state index contributed by atoms with van der Waals surface area (Å²) >= 11 is 1.60. The highest BCUT2D eigenvalue weighted by molar-refractivity contribution is 7.09. The van der Waals surface area contributed by atoms with E-state index in [0.717, 1.165) is 48.4 Å². The van der Waals surface area contributed by atoms with Crippen LogP contribution in [0, 0.1) is 10.8 Å². The van der Waals surface area contributed by atoms with Crippen molar-refractivity contribution in [1.29, 1.82) is 0 Å². The summed E-state index contributed by atoms with van der Waals surface area (Å²) in [5, 5.41) is 16.2. The van der Waals surface area contributed by atoms with Gasteiger partial charge in [0.25, 0.3) is 5.91 Å². The summed E-state index contributed by atoms with van der Waals surface area (Å²) < 4.78 is 95.3. The van der Waals surface area contributed by atoms with Crippen molar-refractivity contribution in [1.82, 2.24) is 39.7 Å². The summed E-state index contributed by atoms with van der Waals surface area (Å²) in [6, 6.07) is 12.5. The van der Waals surface area contributed by atoms with Gasteiger partial charge in [0, 0.05) is 81.6 Å². The standard InChI is InChI=1S/C46H46F6N8O5S/c47-45(48,49)34-7-1-28(2-8-34)22-60-23-33(21-54-60)40(61)58-24-35(43(25-58)26-59(27-43)42(63)44(13-14-44)46(50,51)52)37-55-56-38(65-37)36(31-5-3-29(4-6-31)30-11-18-64-19-12-30)41(62)57-16-9-32(10-17-57)39-53-15-20-66-39/h1-8,15,20-21,23,30,32,35-36H,9-14,16-19,22,24-27H2. The van der Waals surface area contributed by atoms with Gasteiger partial charge >= 0.3 is 12.4 Å². The number of likely N-dealkylation sites (tertiary alicyclic amines) is 3. The maximum atomic E-state index is 14.7. The molecule has 0 radical (unpaired) electrons. The summed E-state index contributed by atoms with van der Waals surface area (Å²) in [5.74, 6) is -2.65. The molecule has 2 aromatic carbocycles. The van der Waals surface area contributed by atoms with Crippen molar-refractivity contribution >= 4 is 29.1 Å². The topological polar surface area (TPSA) is 140 Å². The van der Waals surface area contributed by atoms with E-state index in [0.29, 0.717) is 43.3 Å². The second-order valence-electron chi connectivity index (χ2n) is 18.4. The minimum absolute atomic E-state index is 0.0136. The average molecular weight is 937 g/mol. The molecule has 66 heavy (non-hydrogen) atoms. The van der Waals surface area contributed by atoms with Gasteiger partial charge in [0.1, 0.15) is 11.3 Å². The van der Waals surface area contributed by atoms with Crippen LogP contribution in [0.2, 0.25) is 0 Å². The molecule has 3 amide bonds. The van der Waals surface area contributed by atoms with Crippen LogP contribution in [0.25, 0.3) is 0 Å². The molecule has 7 heterocycles. The molecule has 1 aliphatic carbocycles. The van der Waals surface area contributed by atoms with Crippen molar-refractivity contribution in [2.45, 2.75) is 81.1 Å². The largest absolute Gasteiger partial charge is 0.424 e. The molecule has 5 fully saturated rings. The van der Waals surface area contributed by atoms with Crippen LogP contribution in [0.4, 0.5) is 26.3 Å². The average Bonchev–Trinajstić information content (AvgIpc) is 3.76. The van der Waals surface area contributed by atoms with E-state index in [2.05, 4.69) is 20.3 Å². The number of halogens is 6. The molecule has 348 valence electrons. The number of piperidine rings is 1. The Hall–Kier alpha value is -5.63. The lowest BCUT2D eigenvalue weighted by Gasteiger charge is -2.51. The van der Waals surface area contributed by atoms with Gasteiger partial charge in [-0.05, 0) is 73.3 Å². The van der Waals surface area contributed by atoms with Crippen LogP contribution >= 0.6 is 11.3 Å². The van der Waals surface area contributed by atoms with Crippen molar-refractivity contribution in [3.63, 3.8) is 0 Å². The number of benzene rings is 2. The summed E-state index contributed by atoms with van der Waals surface area (Å²) in [6.45, 7) is 2.30. The third-order valence-corrected chi connectivity index (χ3v) is 15.2. The Labute approximate surface area is 379 Å². The van der Waals surface area contributed by atoms with E-state index in [1.54, 1.807) is 17.5 Å². The van der Waals surface area contributed by atoms with E-state index in [1.165, 1.54) is 39.0 Å². The van der Waals surface area contributed by atoms with E-state index >= 15 is 0 Å². The molecule has 5 aliphatic rings. The van der Waals surface area contributed by atoms with Gasteiger partial charge in [0.05, 0.1) is 34.8 Å². The van der Waals surface area contributed by atoms with Gasteiger partial charge in [-0.2, -0.15) is 31.4 Å². The van der Waals surface area contributed by atoms with Gasteiger partial charge in [-0.25, -0.2) is 4.98 Å². The molecule has 1 spiro atoms. The van der Waals surface area contributed by atoms with Gasteiger partial charge in [-0.15, -0.1) is 21.5 Å². The molecule has 5 aromatic rings. The lowest BCUT2D eigenvalue weighted by Crippen LogP contribution is -2.64.